The lowest BCUT2D eigenvalue weighted by atomic mass is 10.2. The summed E-state index contributed by atoms with van der Waals surface area (Å²) in [5.74, 6) is 1.64. The van der Waals surface area contributed by atoms with Crippen molar-refractivity contribution < 1.29 is 17.9 Å². The Morgan fingerprint density at radius 2 is 1.94 bits per heavy atom. The first-order chi connectivity index (χ1) is 16.0. The van der Waals surface area contributed by atoms with Crippen molar-refractivity contribution in [2.75, 3.05) is 30.3 Å². The van der Waals surface area contributed by atoms with Crippen molar-refractivity contribution in [3.05, 3.63) is 78.6 Å². The van der Waals surface area contributed by atoms with E-state index >= 15 is 0 Å². The number of nitrogens with zero attached hydrogens (tertiary/aromatic N) is 3. The molecule has 1 aromatic heterocycles. The van der Waals surface area contributed by atoms with Crippen molar-refractivity contribution in [1.29, 1.82) is 0 Å². The minimum absolute atomic E-state index is 0.140. The van der Waals surface area contributed by atoms with E-state index in [9.17, 15) is 8.42 Å². The second-order valence-corrected chi connectivity index (χ2v) is 9.65. The number of hydrogen-bond acceptors (Lipinski definition) is 9. The van der Waals surface area contributed by atoms with Crippen molar-refractivity contribution in [1.82, 2.24) is 14.7 Å². The van der Waals surface area contributed by atoms with Gasteiger partial charge >= 0.3 is 0 Å². The molecule has 0 fully saturated rings. The number of benzene rings is 2. The Hall–Kier alpha value is -3.28. The monoisotopic (exact) mass is 485 g/mol. The van der Waals surface area contributed by atoms with Gasteiger partial charge in [-0.3, -0.25) is 4.90 Å². The quantitative estimate of drug-likeness (QED) is 0.439. The fourth-order valence-electron chi connectivity index (χ4n) is 3.18. The molecular formula is C22H23N5O4S2. The van der Waals surface area contributed by atoms with E-state index in [-0.39, 0.29) is 11.7 Å². The molecule has 0 radical (unpaired) electrons. The Morgan fingerprint density at radius 3 is 2.64 bits per heavy atom. The maximum atomic E-state index is 12.3. The van der Waals surface area contributed by atoms with E-state index in [0.717, 1.165) is 10.5 Å². The highest BCUT2D eigenvalue weighted by atomic mass is 32.2. The van der Waals surface area contributed by atoms with Crippen LogP contribution in [0.2, 0.25) is 0 Å². The predicted molar refractivity (Wildman–Crippen MR) is 128 cm³/mol. The minimum atomic E-state index is -3.58. The molecule has 0 aliphatic carbocycles. The second kappa shape index (κ2) is 10.1. The van der Waals surface area contributed by atoms with Crippen LogP contribution in [0.15, 0.2) is 82.9 Å². The Morgan fingerprint density at radius 1 is 1.12 bits per heavy atom. The SMILES string of the molecule is CNS(=O)(=O)c1ccc(SC)c(Nc2cc(N(Cc3ccccc3)C3=COCO3)ncn2)c1. The molecule has 4 rings (SSSR count). The van der Waals surface area contributed by atoms with Crippen molar-refractivity contribution in [3.8, 4) is 0 Å². The van der Waals surface area contributed by atoms with Gasteiger partial charge in [0.25, 0.3) is 0 Å². The van der Waals surface area contributed by atoms with Gasteiger partial charge in [0.1, 0.15) is 24.2 Å². The van der Waals surface area contributed by atoms with Crippen LogP contribution in [0.25, 0.3) is 0 Å². The normalized spacial score (nSPS) is 13.1. The zero-order chi connectivity index (χ0) is 23.3. The Balaban J connectivity index is 1.66. The lowest BCUT2D eigenvalue weighted by Gasteiger charge is -2.23. The van der Waals surface area contributed by atoms with Crippen molar-refractivity contribution >= 4 is 39.1 Å². The molecule has 3 aromatic rings. The van der Waals surface area contributed by atoms with Gasteiger partial charge in [-0.05, 0) is 37.1 Å². The predicted octanol–water partition coefficient (Wildman–Crippen LogP) is 3.66. The first-order valence-corrected chi connectivity index (χ1v) is 12.7. The van der Waals surface area contributed by atoms with Crippen LogP contribution in [-0.2, 0) is 26.0 Å². The van der Waals surface area contributed by atoms with Crippen LogP contribution < -0.4 is 14.9 Å². The van der Waals surface area contributed by atoms with Gasteiger partial charge in [0.2, 0.25) is 22.7 Å². The van der Waals surface area contributed by atoms with Crippen LogP contribution in [0, 0.1) is 0 Å². The third-order valence-corrected chi connectivity index (χ3v) is 7.06. The van der Waals surface area contributed by atoms with Crippen LogP contribution in [0.4, 0.5) is 17.3 Å². The van der Waals surface area contributed by atoms with E-state index in [1.807, 2.05) is 41.5 Å². The van der Waals surface area contributed by atoms with E-state index in [1.165, 1.54) is 25.1 Å². The summed E-state index contributed by atoms with van der Waals surface area (Å²) < 4.78 is 37.7. The maximum absolute atomic E-state index is 12.3. The fourth-order valence-corrected chi connectivity index (χ4v) is 4.47. The van der Waals surface area contributed by atoms with Gasteiger partial charge in [-0.2, -0.15) is 0 Å². The smallest absolute Gasteiger partial charge is 0.240 e. The van der Waals surface area contributed by atoms with Gasteiger partial charge in [-0.25, -0.2) is 23.1 Å². The van der Waals surface area contributed by atoms with Crippen LogP contribution >= 0.6 is 11.8 Å². The molecule has 0 bridgehead atoms. The highest BCUT2D eigenvalue weighted by Gasteiger charge is 2.21. The van der Waals surface area contributed by atoms with E-state index in [4.69, 9.17) is 9.47 Å². The van der Waals surface area contributed by atoms with Crippen molar-refractivity contribution in [3.63, 3.8) is 0 Å². The van der Waals surface area contributed by atoms with Crippen molar-refractivity contribution in [2.24, 2.45) is 0 Å². The Kier molecular flexibility index (Phi) is 7.02. The molecule has 9 nitrogen and oxygen atoms in total. The fraction of sp³-hybridized carbons (Fsp3) is 0.182. The molecule has 172 valence electrons. The molecule has 0 atom stereocenters. The average molecular weight is 486 g/mol. The summed E-state index contributed by atoms with van der Waals surface area (Å²) in [5, 5.41) is 3.23. The molecule has 1 aliphatic heterocycles. The number of sulfonamides is 1. The highest BCUT2D eigenvalue weighted by molar-refractivity contribution is 7.98. The number of ether oxygens (including phenoxy) is 2. The van der Waals surface area contributed by atoms with E-state index < -0.39 is 10.0 Å². The lowest BCUT2D eigenvalue weighted by Crippen LogP contribution is -2.23. The summed E-state index contributed by atoms with van der Waals surface area (Å²) in [6.07, 6.45) is 4.92. The van der Waals surface area contributed by atoms with Crippen LogP contribution in [0.5, 0.6) is 0 Å². The molecule has 2 N–H and O–H groups in total. The van der Waals surface area contributed by atoms with Crippen LogP contribution in [-0.4, -0.2) is 38.5 Å². The maximum Gasteiger partial charge on any atom is 0.240 e. The van der Waals surface area contributed by atoms with Gasteiger partial charge < -0.3 is 14.8 Å². The third-order valence-electron chi connectivity index (χ3n) is 4.85. The van der Waals surface area contributed by atoms with Crippen LogP contribution in [0.1, 0.15) is 5.56 Å². The number of nitrogens with one attached hydrogen (secondary N) is 2. The van der Waals surface area contributed by atoms with Gasteiger partial charge in [0.15, 0.2) is 0 Å². The second-order valence-electron chi connectivity index (χ2n) is 6.91. The Bertz CT molecular complexity index is 1250. The standard InChI is InChI=1S/C22H23N5O4S2/c1-23-33(28,29)17-8-9-19(32-2)18(10-17)26-20-11-21(25-14-24-20)27(22-13-30-15-31-22)12-16-6-4-3-5-7-16/h3-11,13-14,23H,12,15H2,1-2H3,(H,24,25,26). The molecule has 1 aliphatic rings. The largest absolute Gasteiger partial charge is 0.459 e. The summed E-state index contributed by atoms with van der Waals surface area (Å²) in [6.45, 7) is 0.652. The van der Waals surface area contributed by atoms with E-state index in [0.29, 0.717) is 29.8 Å². The molecule has 0 spiro atoms. The molecular weight excluding hydrogens is 462 g/mol. The summed E-state index contributed by atoms with van der Waals surface area (Å²) in [5.41, 5.74) is 1.69. The van der Waals surface area contributed by atoms with Gasteiger partial charge in [-0.15, -0.1) is 11.8 Å². The minimum Gasteiger partial charge on any atom is -0.459 e. The topological polar surface area (TPSA) is 106 Å². The first kappa shape index (κ1) is 22.9. The number of aromatic nitrogens is 2. The average Bonchev–Trinajstić information content (AvgIpc) is 3.38. The molecule has 2 aromatic carbocycles. The number of rotatable bonds is 9. The summed E-state index contributed by atoms with van der Waals surface area (Å²) in [7, 11) is -2.20. The molecule has 0 saturated carbocycles. The molecule has 0 saturated heterocycles. The number of hydrogen-bond donors (Lipinski definition) is 2. The third kappa shape index (κ3) is 5.38. The van der Waals surface area contributed by atoms with Crippen molar-refractivity contribution in [2.45, 2.75) is 16.3 Å². The first-order valence-electron chi connectivity index (χ1n) is 9.97. The highest BCUT2D eigenvalue weighted by Crippen LogP contribution is 2.31. The molecule has 33 heavy (non-hydrogen) atoms. The Labute approximate surface area is 196 Å². The summed E-state index contributed by atoms with van der Waals surface area (Å²) >= 11 is 1.50. The lowest BCUT2D eigenvalue weighted by molar-refractivity contribution is 0.0781. The zero-order valence-corrected chi connectivity index (χ0v) is 19.7. The number of thioether (sulfide) groups is 1. The zero-order valence-electron chi connectivity index (χ0n) is 18.1. The molecule has 0 unspecified atom stereocenters. The number of anilines is 3. The molecule has 11 heteroatoms. The van der Waals surface area contributed by atoms with E-state index in [1.54, 1.807) is 30.5 Å². The van der Waals surface area contributed by atoms with Crippen LogP contribution in [0.3, 0.4) is 0 Å². The van der Waals surface area contributed by atoms with Gasteiger partial charge in [0, 0.05) is 11.0 Å². The van der Waals surface area contributed by atoms with Gasteiger partial charge in [0.05, 0.1) is 17.1 Å². The molecule has 2 heterocycles. The summed E-state index contributed by atoms with van der Waals surface area (Å²) in [6, 6.07) is 16.6. The van der Waals surface area contributed by atoms with E-state index in [2.05, 4.69) is 20.0 Å². The molecule has 0 amide bonds. The van der Waals surface area contributed by atoms with Gasteiger partial charge in [-0.1, -0.05) is 30.3 Å². The summed E-state index contributed by atoms with van der Waals surface area (Å²) in [4.78, 5) is 11.7.